The first-order valence-corrected chi connectivity index (χ1v) is 13.4. The van der Waals surface area contributed by atoms with E-state index in [2.05, 4.69) is 27.7 Å². The van der Waals surface area contributed by atoms with E-state index >= 15 is 0 Å². The Hall–Kier alpha value is -1.10. The van der Waals surface area contributed by atoms with Gasteiger partial charge in [-0.25, -0.2) is 0 Å². The van der Waals surface area contributed by atoms with Gasteiger partial charge in [0.1, 0.15) is 6.10 Å². The molecule has 1 N–H and O–H groups in total. The van der Waals surface area contributed by atoms with E-state index < -0.39 is 0 Å². The van der Waals surface area contributed by atoms with Crippen molar-refractivity contribution in [1.82, 2.24) is 0 Å². The molecule has 0 aromatic rings. The lowest BCUT2D eigenvalue weighted by atomic mass is 9.42. The maximum absolute atomic E-state index is 12.2. The Labute approximate surface area is 200 Å². The summed E-state index contributed by atoms with van der Waals surface area (Å²) in [6.07, 6.45) is 8.51. The molecule has 4 fully saturated rings. The molecule has 5 heteroatoms. The zero-order valence-corrected chi connectivity index (χ0v) is 21.6. The Balaban J connectivity index is 1.64. The minimum atomic E-state index is -0.343. The van der Waals surface area contributed by atoms with Crippen molar-refractivity contribution in [2.24, 2.45) is 52.3 Å². The van der Waals surface area contributed by atoms with Crippen LogP contribution in [0.3, 0.4) is 0 Å². The Morgan fingerprint density at radius 1 is 1.09 bits per heavy atom. The van der Waals surface area contributed by atoms with E-state index in [9.17, 15) is 14.7 Å². The molecule has 0 radical (unpaired) electrons. The highest BCUT2D eigenvalue weighted by Gasteiger charge is 2.66. The highest BCUT2D eigenvalue weighted by molar-refractivity contribution is 5.69. The molecule has 0 unspecified atom stereocenters. The first-order valence-electron chi connectivity index (χ1n) is 13.4. The lowest BCUT2D eigenvalue weighted by Gasteiger charge is -2.64. The monoisotopic (exact) mass is 462 g/mol. The lowest BCUT2D eigenvalue weighted by molar-refractivity contribution is -0.214. The summed E-state index contributed by atoms with van der Waals surface area (Å²) in [5.41, 5.74) is 0.0327. The van der Waals surface area contributed by atoms with Gasteiger partial charge in [0.05, 0.1) is 13.2 Å². The van der Waals surface area contributed by atoms with Crippen molar-refractivity contribution in [2.75, 3.05) is 7.11 Å². The summed E-state index contributed by atoms with van der Waals surface area (Å²) >= 11 is 0. The zero-order chi connectivity index (χ0) is 24.1. The van der Waals surface area contributed by atoms with Gasteiger partial charge in [0.15, 0.2) is 0 Å². The van der Waals surface area contributed by atoms with E-state index in [1.165, 1.54) is 26.4 Å². The molecule has 188 valence electrons. The largest absolute Gasteiger partial charge is 0.469 e. The van der Waals surface area contributed by atoms with Crippen LogP contribution in [0.5, 0.6) is 0 Å². The molecule has 0 aliphatic heterocycles. The summed E-state index contributed by atoms with van der Waals surface area (Å²) in [6, 6.07) is 0. The maximum atomic E-state index is 12.2. The van der Waals surface area contributed by atoms with Gasteiger partial charge in [-0.05, 0) is 91.3 Å². The van der Waals surface area contributed by atoms with Crippen LogP contribution in [-0.4, -0.2) is 36.4 Å². The molecule has 0 saturated heterocycles. The van der Waals surface area contributed by atoms with Crippen molar-refractivity contribution in [3.8, 4) is 0 Å². The number of hydrogen-bond donors (Lipinski definition) is 1. The predicted octanol–water partition coefficient (Wildman–Crippen LogP) is 5.38. The number of carbonyl (C=O) groups excluding carboxylic acids is 2. The average Bonchev–Trinajstić information content (AvgIpc) is 3.11. The van der Waals surface area contributed by atoms with Crippen LogP contribution in [0.2, 0.25) is 0 Å². The number of hydrogen-bond acceptors (Lipinski definition) is 5. The van der Waals surface area contributed by atoms with Gasteiger partial charge in [-0.15, -0.1) is 0 Å². The van der Waals surface area contributed by atoms with Gasteiger partial charge in [-0.1, -0.05) is 34.1 Å². The van der Waals surface area contributed by atoms with Crippen molar-refractivity contribution >= 4 is 11.9 Å². The molecule has 11 atom stereocenters. The fraction of sp³-hybridized carbons (Fsp3) is 0.929. The van der Waals surface area contributed by atoms with E-state index in [1.807, 2.05) is 0 Å². The van der Waals surface area contributed by atoms with Crippen LogP contribution in [0.25, 0.3) is 0 Å². The Bertz CT molecular complexity index is 751. The molecule has 5 nitrogen and oxygen atoms in total. The summed E-state index contributed by atoms with van der Waals surface area (Å²) in [6.45, 7) is 10.9. The second-order valence-corrected chi connectivity index (χ2v) is 12.6. The number of aliphatic hydroxyl groups is 1. The third-order valence-electron chi connectivity index (χ3n) is 11.1. The molecule has 4 aliphatic carbocycles. The van der Waals surface area contributed by atoms with E-state index in [1.54, 1.807) is 6.92 Å². The van der Waals surface area contributed by atoms with Gasteiger partial charge in [0.2, 0.25) is 0 Å². The highest BCUT2D eigenvalue weighted by Crippen LogP contribution is 2.69. The Morgan fingerprint density at radius 2 is 1.82 bits per heavy atom. The van der Waals surface area contributed by atoms with Crippen LogP contribution in [0.4, 0.5) is 0 Å². The van der Waals surface area contributed by atoms with E-state index in [-0.39, 0.29) is 35.0 Å². The molecule has 0 aromatic carbocycles. The van der Waals surface area contributed by atoms with E-state index in [0.29, 0.717) is 41.9 Å². The second kappa shape index (κ2) is 9.17. The van der Waals surface area contributed by atoms with Gasteiger partial charge in [-0.2, -0.15) is 0 Å². The molecular weight excluding hydrogens is 416 g/mol. The van der Waals surface area contributed by atoms with Gasteiger partial charge in [-0.3, -0.25) is 9.59 Å². The number of esters is 2. The fourth-order valence-electron chi connectivity index (χ4n) is 9.33. The van der Waals surface area contributed by atoms with Crippen LogP contribution in [0.15, 0.2) is 0 Å². The van der Waals surface area contributed by atoms with Gasteiger partial charge >= 0.3 is 11.9 Å². The molecule has 4 rings (SSSR count). The second-order valence-electron chi connectivity index (χ2n) is 12.6. The third kappa shape index (κ3) is 4.15. The first-order chi connectivity index (χ1) is 15.5. The van der Waals surface area contributed by atoms with E-state index in [0.717, 1.165) is 38.0 Å². The van der Waals surface area contributed by atoms with Crippen molar-refractivity contribution in [3.05, 3.63) is 0 Å². The summed E-state index contributed by atoms with van der Waals surface area (Å²) in [7, 11) is 1.45. The molecule has 4 aliphatic rings. The minimum absolute atomic E-state index is 0.0307. The molecule has 0 bridgehead atoms. The van der Waals surface area contributed by atoms with Crippen molar-refractivity contribution in [2.45, 2.75) is 105 Å². The quantitative estimate of drug-likeness (QED) is 0.555. The first kappa shape index (κ1) is 25.0. The number of carbonyl (C=O) groups is 2. The van der Waals surface area contributed by atoms with Crippen LogP contribution in [-0.2, 0) is 19.1 Å². The molecule has 0 spiro atoms. The normalized spacial score (nSPS) is 47.6. The number of ether oxygens (including phenoxy) is 2. The van der Waals surface area contributed by atoms with Crippen LogP contribution < -0.4 is 0 Å². The molecule has 0 heterocycles. The molecular formula is C28H46O5. The van der Waals surface area contributed by atoms with E-state index in [4.69, 9.17) is 9.47 Å². The van der Waals surface area contributed by atoms with Crippen molar-refractivity contribution in [3.63, 3.8) is 0 Å². The number of rotatable bonds is 5. The standard InChI is InChI=1S/C28H46O5/c1-16-11-12-27(4)19(13-16)14-23(33-18(3)29)26-21-9-8-20(17(2)7-10-25(31)32-6)28(21,5)24(30)15-22(26)27/h16-17,19-24,26,30H,7-15H2,1-6H3/t16-,17-,19+,20-,21+,22+,23-,24+,26+,27+,28-/m1/s1. The lowest BCUT2D eigenvalue weighted by Crippen LogP contribution is -2.62. The third-order valence-corrected chi connectivity index (χ3v) is 11.1. The molecule has 33 heavy (non-hydrogen) atoms. The highest BCUT2D eigenvalue weighted by atomic mass is 16.5. The predicted molar refractivity (Wildman–Crippen MR) is 127 cm³/mol. The minimum Gasteiger partial charge on any atom is -0.469 e. The van der Waals surface area contributed by atoms with Crippen LogP contribution in [0, 0.1) is 52.3 Å². The van der Waals surface area contributed by atoms with Gasteiger partial charge in [0, 0.05) is 19.3 Å². The smallest absolute Gasteiger partial charge is 0.305 e. The van der Waals surface area contributed by atoms with Gasteiger partial charge < -0.3 is 14.6 Å². The van der Waals surface area contributed by atoms with Crippen LogP contribution >= 0.6 is 0 Å². The maximum Gasteiger partial charge on any atom is 0.305 e. The number of fused-ring (bicyclic) bond motifs is 5. The molecule has 4 saturated carbocycles. The van der Waals surface area contributed by atoms with Crippen molar-refractivity contribution < 1.29 is 24.2 Å². The summed E-state index contributed by atoms with van der Waals surface area (Å²) in [4.78, 5) is 23.9. The number of aliphatic hydroxyl groups excluding tert-OH is 1. The Kier molecular flexibility index (Phi) is 6.95. The molecule has 0 aromatic heterocycles. The number of methoxy groups -OCH3 is 1. The fourth-order valence-corrected chi connectivity index (χ4v) is 9.33. The van der Waals surface area contributed by atoms with Crippen LogP contribution in [0.1, 0.15) is 92.4 Å². The Morgan fingerprint density at radius 3 is 2.48 bits per heavy atom. The summed E-state index contributed by atoms with van der Waals surface area (Å²) in [5, 5.41) is 11.7. The SMILES string of the molecule is COC(=O)CC[C@@H](C)[C@H]1CC[C@H]2[C@@H]3[C@H](OC(C)=O)C[C@@H]4C[C@H](C)CC[C@]4(C)[C@H]3C[C@H](O)[C@]12C. The zero-order valence-electron chi connectivity index (χ0n) is 21.6. The van der Waals surface area contributed by atoms with Crippen molar-refractivity contribution in [1.29, 1.82) is 0 Å². The van der Waals surface area contributed by atoms with Gasteiger partial charge in [0.25, 0.3) is 0 Å². The molecule has 0 amide bonds. The summed E-state index contributed by atoms with van der Waals surface area (Å²) in [5.74, 6) is 2.79. The topological polar surface area (TPSA) is 72.8 Å². The summed E-state index contributed by atoms with van der Waals surface area (Å²) < 4.78 is 11.0. The average molecular weight is 463 g/mol.